The molecule has 0 atom stereocenters. The van der Waals surface area contributed by atoms with Gasteiger partial charge in [0.15, 0.2) is 0 Å². The van der Waals surface area contributed by atoms with Crippen molar-refractivity contribution in [3.05, 3.63) is 34.6 Å². The van der Waals surface area contributed by atoms with Crippen molar-refractivity contribution in [2.75, 3.05) is 26.7 Å². The molecule has 0 bridgehead atoms. The second-order valence-electron chi connectivity index (χ2n) is 4.92. The number of carbonyl (C=O) groups is 1. The van der Waals surface area contributed by atoms with Gasteiger partial charge in [-0.3, -0.25) is 4.79 Å². The zero-order chi connectivity index (χ0) is 13.8. The molecule has 0 aromatic heterocycles. The van der Waals surface area contributed by atoms with Gasteiger partial charge in [0.2, 0.25) is 0 Å². The van der Waals surface area contributed by atoms with E-state index in [9.17, 15) is 9.18 Å². The molecule has 1 aliphatic heterocycles. The van der Waals surface area contributed by atoms with E-state index in [0.717, 1.165) is 32.5 Å². The van der Waals surface area contributed by atoms with E-state index >= 15 is 0 Å². The van der Waals surface area contributed by atoms with E-state index < -0.39 is 5.82 Å². The Balaban J connectivity index is 0.00000200. The van der Waals surface area contributed by atoms with Crippen LogP contribution in [-0.4, -0.2) is 37.5 Å². The summed E-state index contributed by atoms with van der Waals surface area (Å²) in [6.07, 6.45) is 1.98. The summed E-state index contributed by atoms with van der Waals surface area (Å²) in [7, 11) is 1.94. The molecule has 0 aliphatic carbocycles. The Labute approximate surface area is 129 Å². The van der Waals surface area contributed by atoms with Crippen LogP contribution < -0.4 is 5.32 Å². The maximum atomic E-state index is 13.4. The first-order chi connectivity index (χ1) is 9.11. The number of hydrogen-bond donors (Lipinski definition) is 1. The third-order valence-corrected chi connectivity index (χ3v) is 3.87. The quantitative estimate of drug-likeness (QED) is 0.928. The molecule has 0 radical (unpaired) electrons. The topological polar surface area (TPSA) is 32.3 Å². The first-order valence-corrected chi connectivity index (χ1v) is 6.88. The van der Waals surface area contributed by atoms with Crippen LogP contribution in [0.4, 0.5) is 4.39 Å². The Kier molecular flexibility index (Phi) is 6.72. The summed E-state index contributed by atoms with van der Waals surface area (Å²) in [6, 6.07) is 4.22. The number of nitrogens with zero attached hydrogens (tertiary/aromatic N) is 1. The van der Waals surface area contributed by atoms with Crippen molar-refractivity contribution in [1.82, 2.24) is 10.2 Å². The van der Waals surface area contributed by atoms with Crippen molar-refractivity contribution in [3.8, 4) is 0 Å². The lowest BCUT2D eigenvalue weighted by Crippen LogP contribution is -2.40. The average molecular weight is 321 g/mol. The molecule has 6 heteroatoms. The van der Waals surface area contributed by atoms with Crippen molar-refractivity contribution in [2.45, 2.75) is 12.8 Å². The Morgan fingerprint density at radius 2 is 2.10 bits per heavy atom. The molecule has 1 aromatic rings. The van der Waals surface area contributed by atoms with Gasteiger partial charge in [-0.25, -0.2) is 4.39 Å². The molecule has 3 nitrogen and oxygen atoms in total. The highest BCUT2D eigenvalue weighted by Crippen LogP contribution is 2.20. The Morgan fingerprint density at radius 1 is 1.45 bits per heavy atom. The summed E-state index contributed by atoms with van der Waals surface area (Å²) in [5.74, 6) is -0.0351. The molecule has 0 saturated carbocycles. The second-order valence-corrected chi connectivity index (χ2v) is 5.33. The zero-order valence-corrected chi connectivity index (χ0v) is 12.9. The minimum Gasteiger partial charge on any atom is -0.339 e. The largest absolute Gasteiger partial charge is 0.339 e. The highest BCUT2D eigenvalue weighted by atomic mass is 35.5. The van der Waals surface area contributed by atoms with E-state index in [1.54, 1.807) is 11.0 Å². The maximum Gasteiger partial charge on any atom is 0.253 e. The number of benzene rings is 1. The normalized spacial score (nSPS) is 15.8. The minimum absolute atomic E-state index is 0. The van der Waals surface area contributed by atoms with Crippen LogP contribution in [0.2, 0.25) is 5.02 Å². The van der Waals surface area contributed by atoms with Crippen LogP contribution in [0.25, 0.3) is 0 Å². The fourth-order valence-electron chi connectivity index (χ4n) is 2.44. The Hall–Kier alpha value is -0.840. The third kappa shape index (κ3) is 4.08. The van der Waals surface area contributed by atoms with Crippen molar-refractivity contribution in [1.29, 1.82) is 0 Å². The number of amides is 1. The first kappa shape index (κ1) is 17.2. The van der Waals surface area contributed by atoms with Crippen molar-refractivity contribution < 1.29 is 9.18 Å². The smallest absolute Gasteiger partial charge is 0.253 e. The monoisotopic (exact) mass is 320 g/mol. The molecular formula is C14H19Cl2FN2O. The van der Waals surface area contributed by atoms with Crippen molar-refractivity contribution >= 4 is 29.9 Å². The van der Waals surface area contributed by atoms with Crippen LogP contribution in [0, 0.1) is 11.7 Å². The van der Waals surface area contributed by atoms with Gasteiger partial charge in [0, 0.05) is 18.7 Å². The molecule has 20 heavy (non-hydrogen) atoms. The van der Waals surface area contributed by atoms with Crippen LogP contribution in [-0.2, 0) is 0 Å². The van der Waals surface area contributed by atoms with Crippen LogP contribution in [0.5, 0.6) is 0 Å². The number of piperidine rings is 1. The van der Waals surface area contributed by atoms with E-state index in [2.05, 4.69) is 5.32 Å². The van der Waals surface area contributed by atoms with Crippen LogP contribution >= 0.6 is 24.0 Å². The van der Waals surface area contributed by atoms with Gasteiger partial charge in [0.1, 0.15) is 5.82 Å². The number of nitrogens with one attached hydrogen (secondary N) is 1. The number of carbonyl (C=O) groups excluding carboxylic acids is 1. The van der Waals surface area contributed by atoms with Gasteiger partial charge in [-0.2, -0.15) is 0 Å². The summed E-state index contributed by atoms with van der Waals surface area (Å²) in [4.78, 5) is 14.0. The number of rotatable bonds is 3. The van der Waals surface area contributed by atoms with E-state index in [0.29, 0.717) is 11.5 Å². The summed E-state index contributed by atoms with van der Waals surface area (Å²) >= 11 is 5.62. The van der Waals surface area contributed by atoms with Crippen molar-refractivity contribution in [2.24, 2.45) is 5.92 Å². The summed E-state index contributed by atoms with van der Waals surface area (Å²) in [5.41, 5.74) is 0.369. The summed E-state index contributed by atoms with van der Waals surface area (Å²) < 4.78 is 13.4. The summed E-state index contributed by atoms with van der Waals surface area (Å²) in [6.45, 7) is 2.45. The third-order valence-electron chi connectivity index (χ3n) is 3.56. The molecule has 1 fully saturated rings. The van der Waals surface area contributed by atoms with E-state index in [4.69, 9.17) is 11.6 Å². The highest BCUT2D eigenvalue weighted by Gasteiger charge is 2.23. The van der Waals surface area contributed by atoms with E-state index in [1.807, 2.05) is 7.05 Å². The molecule has 1 amide bonds. The summed E-state index contributed by atoms with van der Waals surface area (Å²) in [5, 5.41) is 3.20. The van der Waals surface area contributed by atoms with Gasteiger partial charge < -0.3 is 10.2 Å². The standard InChI is InChI=1S/C14H18ClFN2O.ClH/c1-17-9-10-4-6-18(7-5-10)14(19)11-2-3-12(15)13(16)8-11;/h2-3,8,10,17H,4-7,9H2,1H3;1H. The van der Waals surface area contributed by atoms with Gasteiger partial charge in [-0.1, -0.05) is 11.6 Å². The SMILES string of the molecule is CNCC1CCN(C(=O)c2ccc(Cl)c(F)c2)CC1.Cl. The molecule has 1 saturated heterocycles. The van der Waals surface area contributed by atoms with Gasteiger partial charge in [0.25, 0.3) is 5.91 Å². The molecule has 2 rings (SSSR count). The molecule has 0 unspecified atom stereocenters. The fraction of sp³-hybridized carbons (Fsp3) is 0.500. The van der Waals surface area contributed by atoms with Crippen molar-refractivity contribution in [3.63, 3.8) is 0 Å². The number of halogens is 3. The second kappa shape index (κ2) is 7.81. The molecule has 1 heterocycles. The lowest BCUT2D eigenvalue weighted by Gasteiger charge is -2.32. The van der Waals surface area contributed by atoms with Gasteiger partial charge in [-0.15, -0.1) is 12.4 Å². The van der Waals surface area contributed by atoms with Gasteiger partial charge >= 0.3 is 0 Å². The predicted molar refractivity (Wildman–Crippen MR) is 81.2 cm³/mol. The van der Waals surface area contributed by atoms with Crippen LogP contribution in [0.15, 0.2) is 18.2 Å². The molecule has 1 aromatic carbocycles. The van der Waals surface area contributed by atoms with Gasteiger partial charge in [0.05, 0.1) is 5.02 Å². The lowest BCUT2D eigenvalue weighted by molar-refractivity contribution is 0.0690. The average Bonchev–Trinajstić information content (AvgIpc) is 2.42. The first-order valence-electron chi connectivity index (χ1n) is 6.50. The fourth-order valence-corrected chi connectivity index (χ4v) is 2.56. The van der Waals surface area contributed by atoms with Crippen LogP contribution in [0.3, 0.4) is 0 Å². The Bertz CT molecular complexity index is 462. The highest BCUT2D eigenvalue weighted by molar-refractivity contribution is 6.30. The number of likely N-dealkylation sites (tertiary alicyclic amines) is 1. The molecule has 112 valence electrons. The minimum atomic E-state index is -0.544. The Morgan fingerprint density at radius 3 is 2.65 bits per heavy atom. The molecular weight excluding hydrogens is 302 g/mol. The van der Waals surface area contributed by atoms with E-state index in [-0.39, 0.29) is 23.3 Å². The molecule has 1 N–H and O–H groups in total. The maximum absolute atomic E-state index is 13.4. The van der Waals surface area contributed by atoms with Gasteiger partial charge in [-0.05, 0) is 50.6 Å². The van der Waals surface area contributed by atoms with E-state index in [1.165, 1.54) is 12.1 Å². The zero-order valence-electron chi connectivity index (χ0n) is 11.4. The molecule has 1 aliphatic rings. The number of hydrogen-bond acceptors (Lipinski definition) is 2. The molecule has 0 spiro atoms. The van der Waals surface area contributed by atoms with Crippen LogP contribution in [0.1, 0.15) is 23.2 Å². The predicted octanol–water partition coefficient (Wildman–Crippen LogP) is 2.97. The lowest BCUT2D eigenvalue weighted by atomic mass is 9.96.